The van der Waals surface area contributed by atoms with E-state index in [1.54, 1.807) is 0 Å². The van der Waals surface area contributed by atoms with Gasteiger partial charge >= 0.3 is 5.97 Å². The predicted octanol–water partition coefficient (Wildman–Crippen LogP) is 1.43. The van der Waals surface area contributed by atoms with E-state index in [0.29, 0.717) is 0 Å². The van der Waals surface area contributed by atoms with Gasteiger partial charge in [0.1, 0.15) is 5.57 Å². The van der Waals surface area contributed by atoms with Gasteiger partial charge in [-0.05, 0) is 12.1 Å². The normalized spacial score (nSPS) is 10.9. The van der Waals surface area contributed by atoms with E-state index in [1.165, 1.54) is 24.3 Å². The lowest BCUT2D eigenvalue weighted by Gasteiger charge is -2.02. The van der Waals surface area contributed by atoms with E-state index in [0.717, 1.165) is 13.2 Å². The lowest BCUT2D eigenvalue weighted by Crippen LogP contribution is -2.14. The topological polar surface area (TPSA) is 113 Å². The van der Waals surface area contributed by atoms with Gasteiger partial charge in [-0.3, -0.25) is 20.2 Å². The Morgan fingerprint density at radius 2 is 1.95 bits per heavy atom. The lowest BCUT2D eigenvalue weighted by molar-refractivity contribution is -0.470. The number of carbonyl (C=O) groups is 1. The molecule has 0 aromatic heterocycles. The van der Waals surface area contributed by atoms with Crippen molar-refractivity contribution in [2.45, 2.75) is 0 Å². The molecule has 1 rings (SSSR count). The molecular formula is C11H10N2O6. The van der Waals surface area contributed by atoms with E-state index >= 15 is 0 Å². The van der Waals surface area contributed by atoms with Gasteiger partial charge in [-0.1, -0.05) is 12.1 Å². The van der Waals surface area contributed by atoms with Crippen LogP contribution in [0.15, 0.2) is 29.8 Å². The molecule has 0 aliphatic rings. The van der Waals surface area contributed by atoms with Crippen molar-refractivity contribution in [3.63, 3.8) is 0 Å². The van der Waals surface area contributed by atoms with Gasteiger partial charge in [-0.25, -0.2) is 4.79 Å². The zero-order chi connectivity index (χ0) is 14.4. The number of carbonyl (C=O) groups excluding carboxylic acids is 1. The first kappa shape index (κ1) is 14.3. The van der Waals surface area contributed by atoms with Gasteiger partial charge in [-0.15, -0.1) is 0 Å². The van der Waals surface area contributed by atoms with Crippen LogP contribution < -0.4 is 0 Å². The summed E-state index contributed by atoms with van der Waals surface area (Å²) in [6.45, 7) is -0.765. The summed E-state index contributed by atoms with van der Waals surface area (Å²) in [6.07, 6.45) is 1.09. The quantitative estimate of drug-likeness (QED) is 0.345. The molecule has 1 aromatic carbocycles. The molecule has 0 N–H and O–H groups in total. The molecule has 0 spiro atoms. The second kappa shape index (κ2) is 6.24. The molecule has 0 radical (unpaired) electrons. The second-order valence-electron chi connectivity index (χ2n) is 3.47. The highest BCUT2D eigenvalue weighted by Gasteiger charge is 2.19. The lowest BCUT2D eigenvalue weighted by atomic mass is 10.1. The molecule has 8 heteroatoms. The largest absolute Gasteiger partial charge is 0.465 e. The van der Waals surface area contributed by atoms with Crippen LogP contribution in [0, 0.1) is 20.2 Å². The maximum Gasteiger partial charge on any atom is 0.340 e. The summed E-state index contributed by atoms with van der Waals surface area (Å²) >= 11 is 0. The Kier molecular flexibility index (Phi) is 4.69. The van der Waals surface area contributed by atoms with Crippen LogP contribution >= 0.6 is 0 Å². The minimum absolute atomic E-state index is 0.106. The molecule has 19 heavy (non-hydrogen) atoms. The number of rotatable bonds is 5. The Balaban J connectivity index is 3.25. The van der Waals surface area contributed by atoms with E-state index in [4.69, 9.17) is 0 Å². The van der Waals surface area contributed by atoms with E-state index in [9.17, 15) is 25.0 Å². The van der Waals surface area contributed by atoms with Gasteiger partial charge in [0, 0.05) is 11.0 Å². The van der Waals surface area contributed by atoms with Crippen molar-refractivity contribution in [2.24, 2.45) is 0 Å². The standard InChI is InChI=1S/C11H10N2O6/c1-19-11(14)9(7-12(15)16)6-8-4-2-3-5-10(8)13(17)18/h2-6H,7H2,1H3/b9-6+. The van der Waals surface area contributed by atoms with Crippen molar-refractivity contribution in [3.8, 4) is 0 Å². The molecule has 0 amide bonds. The number of nitrogens with zero attached hydrogens (tertiary/aromatic N) is 2. The smallest absolute Gasteiger partial charge is 0.340 e. The number of benzene rings is 1. The summed E-state index contributed by atoms with van der Waals surface area (Å²) in [5.41, 5.74) is -0.399. The van der Waals surface area contributed by atoms with E-state index < -0.39 is 22.4 Å². The maximum absolute atomic E-state index is 11.4. The summed E-state index contributed by atoms with van der Waals surface area (Å²) in [7, 11) is 1.08. The van der Waals surface area contributed by atoms with Crippen LogP contribution in [0.25, 0.3) is 6.08 Å². The maximum atomic E-state index is 11.4. The molecule has 0 bridgehead atoms. The number of hydrogen-bond donors (Lipinski definition) is 0. The molecule has 0 unspecified atom stereocenters. The Labute approximate surface area is 107 Å². The summed E-state index contributed by atoms with van der Waals surface area (Å²) < 4.78 is 4.40. The van der Waals surface area contributed by atoms with Crippen LogP contribution in [0.1, 0.15) is 5.56 Å². The predicted molar refractivity (Wildman–Crippen MR) is 65.0 cm³/mol. The third kappa shape index (κ3) is 3.87. The van der Waals surface area contributed by atoms with E-state index in [1.807, 2.05) is 0 Å². The van der Waals surface area contributed by atoms with Crippen molar-refractivity contribution >= 4 is 17.7 Å². The summed E-state index contributed by atoms with van der Waals surface area (Å²) in [5.74, 6) is -0.894. The van der Waals surface area contributed by atoms with Crippen LogP contribution in [0.5, 0.6) is 0 Å². The summed E-state index contributed by atoms with van der Waals surface area (Å²) in [5, 5.41) is 21.3. The monoisotopic (exact) mass is 266 g/mol. The second-order valence-corrected chi connectivity index (χ2v) is 3.47. The molecule has 0 atom stereocenters. The van der Waals surface area contributed by atoms with Crippen LogP contribution in [-0.4, -0.2) is 29.5 Å². The first-order chi connectivity index (χ1) is 8.95. The van der Waals surface area contributed by atoms with E-state index in [2.05, 4.69) is 4.74 Å². The van der Waals surface area contributed by atoms with Crippen molar-refractivity contribution in [2.75, 3.05) is 13.7 Å². The SMILES string of the molecule is COC(=O)/C(=C/c1ccccc1[N+](=O)[O-])C[N+](=O)[O-]. The minimum atomic E-state index is -0.894. The Bertz CT molecular complexity index is 552. The Hall–Kier alpha value is -2.77. The fourth-order valence-corrected chi connectivity index (χ4v) is 1.40. The molecule has 1 aromatic rings. The van der Waals surface area contributed by atoms with Crippen LogP contribution in [-0.2, 0) is 9.53 Å². The summed E-state index contributed by atoms with van der Waals surface area (Å²) in [4.78, 5) is 31.3. The number of nitro benzene ring substituents is 1. The zero-order valence-electron chi connectivity index (χ0n) is 9.94. The van der Waals surface area contributed by atoms with Crippen molar-refractivity contribution in [3.05, 3.63) is 55.6 Å². The van der Waals surface area contributed by atoms with Gasteiger partial charge in [-0.2, -0.15) is 0 Å². The van der Waals surface area contributed by atoms with E-state index in [-0.39, 0.29) is 16.8 Å². The molecule has 0 saturated carbocycles. The molecule has 0 fully saturated rings. The molecule has 0 aliphatic heterocycles. The first-order valence-electron chi connectivity index (χ1n) is 5.09. The number of nitro groups is 2. The van der Waals surface area contributed by atoms with Gasteiger partial charge in [0.15, 0.2) is 0 Å². The van der Waals surface area contributed by atoms with Crippen molar-refractivity contribution in [1.82, 2.24) is 0 Å². The third-order valence-corrected chi connectivity index (χ3v) is 2.21. The fraction of sp³-hybridized carbons (Fsp3) is 0.182. The van der Waals surface area contributed by atoms with Gasteiger partial charge in [0.05, 0.1) is 17.6 Å². The van der Waals surface area contributed by atoms with Crippen LogP contribution in [0.3, 0.4) is 0 Å². The number of methoxy groups -OCH3 is 1. The minimum Gasteiger partial charge on any atom is -0.465 e. The summed E-state index contributed by atoms with van der Waals surface area (Å²) in [6, 6.07) is 5.62. The number of hydrogen-bond acceptors (Lipinski definition) is 6. The Morgan fingerprint density at radius 3 is 2.47 bits per heavy atom. The van der Waals surface area contributed by atoms with Gasteiger partial charge < -0.3 is 4.74 Å². The third-order valence-electron chi connectivity index (χ3n) is 2.21. The van der Waals surface area contributed by atoms with Crippen LogP contribution in [0.4, 0.5) is 5.69 Å². The molecular weight excluding hydrogens is 256 g/mol. The number of para-hydroxylation sites is 1. The van der Waals surface area contributed by atoms with Gasteiger partial charge in [0.25, 0.3) is 5.69 Å². The molecule has 0 aliphatic carbocycles. The highest BCUT2D eigenvalue weighted by molar-refractivity contribution is 5.94. The molecule has 0 heterocycles. The highest BCUT2D eigenvalue weighted by Crippen LogP contribution is 2.21. The fourth-order valence-electron chi connectivity index (χ4n) is 1.40. The number of ether oxygens (including phenoxy) is 1. The highest BCUT2D eigenvalue weighted by atomic mass is 16.6. The van der Waals surface area contributed by atoms with Crippen molar-refractivity contribution < 1.29 is 19.4 Å². The number of esters is 1. The van der Waals surface area contributed by atoms with Crippen LogP contribution in [0.2, 0.25) is 0 Å². The van der Waals surface area contributed by atoms with Crippen molar-refractivity contribution in [1.29, 1.82) is 0 Å². The molecule has 8 nitrogen and oxygen atoms in total. The first-order valence-corrected chi connectivity index (χ1v) is 5.09. The average molecular weight is 266 g/mol. The Morgan fingerprint density at radius 1 is 1.32 bits per heavy atom. The van der Waals surface area contributed by atoms with Gasteiger partial charge in [0.2, 0.25) is 6.54 Å². The zero-order valence-corrected chi connectivity index (χ0v) is 9.94. The molecule has 0 saturated heterocycles. The average Bonchev–Trinajstić information content (AvgIpc) is 2.36. The molecule has 100 valence electrons.